The number of benzene rings is 1. The van der Waals surface area contributed by atoms with Gasteiger partial charge in [0.1, 0.15) is 11.3 Å². The third-order valence-corrected chi connectivity index (χ3v) is 5.72. The van der Waals surface area contributed by atoms with Crippen molar-refractivity contribution >= 4 is 11.0 Å². The number of fused-ring (bicyclic) bond motifs is 1. The Hall–Kier alpha value is -3.10. The fourth-order valence-electron chi connectivity index (χ4n) is 4.08. The predicted molar refractivity (Wildman–Crippen MR) is 123 cm³/mol. The van der Waals surface area contributed by atoms with Gasteiger partial charge in [-0.05, 0) is 43.7 Å². The zero-order valence-corrected chi connectivity index (χ0v) is 19.4. The van der Waals surface area contributed by atoms with E-state index in [1.165, 1.54) is 22.8 Å². The van der Waals surface area contributed by atoms with Gasteiger partial charge in [0.15, 0.2) is 11.8 Å². The second-order valence-corrected chi connectivity index (χ2v) is 8.31. The Kier molecular flexibility index (Phi) is 8.17. The van der Waals surface area contributed by atoms with Crippen molar-refractivity contribution in [1.82, 2.24) is 4.57 Å². The van der Waals surface area contributed by atoms with E-state index in [2.05, 4.69) is 0 Å². The van der Waals surface area contributed by atoms with Crippen LogP contribution in [0.25, 0.3) is 11.0 Å². The fourth-order valence-corrected chi connectivity index (χ4v) is 4.08. The lowest BCUT2D eigenvalue weighted by Crippen LogP contribution is -2.13. The van der Waals surface area contributed by atoms with Crippen molar-refractivity contribution in [3.05, 3.63) is 51.4 Å². The molecule has 0 aliphatic heterocycles. The molecule has 2 heterocycles. The number of aryl methyl sites for hydroxylation is 2. The van der Waals surface area contributed by atoms with Crippen LogP contribution in [-0.2, 0) is 25.6 Å². The average molecular weight is 482 g/mol. The first-order chi connectivity index (χ1) is 16.2. The number of ether oxygens (including phenoxy) is 1. The number of aromatic nitrogens is 1. The molecule has 0 spiro atoms. The van der Waals surface area contributed by atoms with Crippen LogP contribution in [0.15, 0.2) is 33.5 Å². The molecule has 34 heavy (non-hydrogen) atoms. The Morgan fingerprint density at radius 1 is 1.00 bits per heavy atom. The highest BCUT2D eigenvalue weighted by Gasteiger charge is 2.35. The summed E-state index contributed by atoms with van der Waals surface area (Å²) in [5.41, 5.74) is -0.956. The number of hydrogen-bond acceptors (Lipinski definition) is 5. The molecule has 0 aliphatic rings. The van der Waals surface area contributed by atoms with E-state index in [1.807, 2.05) is 13.8 Å². The van der Waals surface area contributed by atoms with Crippen molar-refractivity contribution in [3.63, 3.8) is 0 Å². The average Bonchev–Trinajstić information content (AvgIpc) is 3.09. The van der Waals surface area contributed by atoms with E-state index < -0.39 is 17.4 Å². The molecule has 0 saturated carbocycles. The first-order valence-corrected chi connectivity index (χ1v) is 11.6. The van der Waals surface area contributed by atoms with Crippen molar-refractivity contribution in [2.45, 2.75) is 71.5 Å². The summed E-state index contributed by atoms with van der Waals surface area (Å²) in [5, 5.41) is 19.4. The molecule has 3 aromatic rings. The van der Waals surface area contributed by atoms with Gasteiger partial charge in [-0.3, -0.25) is 4.57 Å². The summed E-state index contributed by atoms with van der Waals surface area (Å²) in [6.07, 6.45) is -0.331. The highest BCUT2D eigenvalue weighted by Crippen LogP contribution is 2.40. The summed E-state index contributed by atoms with van der Waals surface area (Å²) in [4.78, 5) is 12.0. The molecular formula is C25H30F3NO5. The van der Waals surface area contributed by atoms with Gasteiger partial charge in [0.25, 0.3) is 0 Å². The second kappa shape index (κ2) is 10.9. The molecule has 1 aromatic carbocycles. The Balaban J connectivity index is 1.94. The fraction of sp³-hybridized carbons (Fsp3) is 0.480. The Labute approximate surface area is 195 Å². The van der Waals surface area contributed by atoms with Crippen molar-refractivity contribution < 1.29 is 32.5 Å². The lowest BCUT2D eigenvalue weighted by molar-refractivity contribution is -0.136. The van der Waals surface area contributed by atoms with Gasteiger partial charge < -0.3 is 19.4 Å². The van der Waals surface area contributed by atoms with Crippen LogP contribution >= 0.6 is 0 Å². The third-order valence-electron chi connectivity index (χ3n) is 5.72. The SMILES string of the molecule is CCCCc1c(OCCCCn2c(O)ccc2O)c(CCC)cc2c(C(F)(F)F)cc(=O)oc12. The van der Waals surface area contributed by atoms with Crippen LogP contribution in [0.5, 0.6) is 17.5 Å². The molecule has 0 unspecified atom stereocenters. The minimum Gasteiger partial charge on any atom is -0.494 e. The first-order valence-electron chi connectivity index (χ1n) is 11.6. The normalized spacial score (nSPS) is 11.9. The van der Waals surface area contributed by atoms with Gasteiger partial charge in [-0.15, -0.1) is 0 Å². The van der Waals surface area contributed by atoms with Gasteiger partial charge in [0.05, 0.1) is 12.2 Å². The van der Waals surface area contributed by atoms with Gasteiger partial charge in [0.2, 0.25) is 0 Å². The standard InChI is InChI=1S/C25H30F3NO5/c1-3-5-9-17-23(33-13-7-6-12-29-20(30)10-11-21(29)31)16(8-4-2)14-18-19(25(26,27)28)15-22(32)34-24(17)18/h10-11,14-15,30-31H,3-9,12-13H2,1-2H3. The van der Waals surface area contributed by atoms with Crippen LogP contribution in [0.2, 0.25) is 0 Å². The molecular weight excluding hydrogens is 451 g/mol. The van der Waals surface area contributed by atoms with Crippen molar-refractivity contribution in [1.29, 1.82) is 0 Å². The summed E-state index contributed by atoms with van der Waals surface area (Å²) in [5.74, 6) is 0.419. The quantitative estimate of drug-likeness (QED) is 0.252. The Bertz CT molecular complexity index is 1160. The highest BCUT2D eigenvalue weighted by molar-refractivity contribution is 5.87. The summed E-state index contributed by atoms with van der Waals surface area (Å²) >= 11 is 0. The minimum atomic E-state index is -4.68. The summed E-state index contributed by atoms with van der Waals surface area (Å²) in [6.45, 7) is 4.58. The molecule has 0 amide bonds. The molecule has 9 heteroatoms. The van der Waals surface area contributed by atoms with Gasteiger partial charge in [0, 0.05) is 35.7 Å². The largest absolute Gasteiger partial charge is 0.494 e. The van der Waals surface area contributed by atoms with E-state index in [0.717, 1.165) is 6.42 Å². The first kappa shape index (κ1) is 25.5. The van der Waals surface area contributed by atoms with Gasteiger partial charge in [-0.1, -0.05) is 26.7 Å². The van der Waals surface area contributed by atoms with E-state index in [9.17, 15) is 28.2 Å². The van der Waals surface area contributed by atoms with Crippen molar-refractivity contribution in [2.24, 2.45) is 0 Å². The van der Waals surface area contributed by atoms with E-state index in [1.54, 1.807) is 0 Å². The molecule has 0 atom stereocenters. The maximum atomic E-state index is 13.7. The lowest BCUT2D eigenvalue weighted by Gasteiger charge is -2.19. The molecule has 2 N–H and O–H groups in total. The maximum absolute atomic E-state index is 13.7. The van der Waals surface area contributed by atoms with Crippen LogP contribution in [-0.4, -0.2) is 21.4 Å². The molecule has 0 aliphatic carbocycles. The van der Waals surface area contributed by atoms with Gasteiger partial charge in [-0.25, -0.2) is 4.79 Å². The number of halogens is 3. The van der Waals surface area contributed by atoms with Gasteiger partial charge in [-0.2, -0.15) is 13.2 Å². The minimum absolute atomic E-state index is 0.0319. The summed E-state index contributed by atoms with van der Waals surface area (Å²) in [6, 6.07) is 4.75. The zero-order valence-electron chi connectivity index (χ0n) is 19.4. The maximum Gasteiger partial charge on any atom is 0.417 e. The van der Waals surface area contributed by atoms with Gasteiger partial charge >= 0.3 is 11.8 Å². The topological polar surface area (TPSA) is 84.8 Å². The van der Waals surface area contributed by atoms with E-state index in [4.69, 9.17) is 9.15 Å². The molecule has 0 saturated heterocycles. The number of nitrogens with zero attached hydrogens (tertiary/aromatic N) is 1. The third kappa shape index (κ3) is 5.69. The molecule has 0 bridgehead atoms. The van der Waals surface area contributed by atoms with Crippen LogP contribution < -0.4 is 10.4 Å². The molecule has 2 aromatic heterocycles. The van der Waals surface area contributed by atoms with E-state index in [0.29, 0.717) is 68.0 Å². The van der Waals surface area contributed by atoms with E-state index in [-0.39, 0.29) is 29.3 Å². The summed E-state index contributed by atoms with van der Waals surface area (Å²) < 4.78 is 53.9. The molecule has 0 fully saturated rings. The number of alkyl halides is 3. The molecule has 3 rings (SSSR count). The second-order valence-electron chi connectivity index (χ2n) is 8.31. The number of rotatable bonds is 11. The van der Waals surface area contributed by atoms with Crippen molar-refractivity contribution in [2.75, 3.05) is 6.61 Å². The molecule has 186 valence electrons. The van der Waals surface area contributed by atoms with Crippen LogP contribution in [0.3, 0.4) is 0 Å². The number of aromatic hydroxyl groups is 2. The number of unbranched alkanes of at least 4 members (excludes halogenated alkanes) is 2. The lowest BCUT2D eigenvalue weighted by atomic mass is 9.95. The van der Waals surface area contributed by atoms with Crippen LogP contribution in [0.4, 0.5) is 13.2 Å². The van der Waals surface area contributed by atoms with Crippen molar-refractivity contribution in [3.8, 4) is 17.5 Å². The van der Waals surface area contributed by atoms with E-state index >= 15 is 0 Å². The zero-order chi connectivity index (χ0) is 24.9. The monoisotopic (exact) mass is 481 g/mol. The predicted octanol–water partition coefficient (Wildman–Crippen LogP) is 6.18. The van der Waals surface area contributed by atoms with Crippen LogP contribution in [0.1, 0.15) is 62.6 Å². The summed E-state index contributed by atoms with van der Waals surface area (Å²) in [7, 11) is 0. The smallest absolute Gasteiger partial charge is 0.417 e. The Morgan fingerprint density at radius 3 is 2.32 bits per heavy atom. The highest BCUT2D eigenvalue weighted by atomic mass is 19.4. The molecule has 0 radical (unpaired) electrons. The number of hydrogen-bond donors (Lipinski definition) is 2. The Morgan fingerprint density at radius 2 is 1.71 bits per heavy atom. The molecule has 6 nitrogen and oxygen atoms in total. The van der Waals surface area contributed by atoms with Crippen LogP contribution in [0, 0.1) is 0 Å².